The first-order chi connectivity index (χ1) is 17.4. The minimum absolute atomic E-state index is 0.0219. The second kappa shape index (κ2) is 10.2. The van der Waals surface area contributed by atoms with Crippen LogP contribution >= 0.6 is 11.3 Å². The number of anilines is 1. The molecule has 3 heterocycles. The van der Waals surface area contributed by atoms with Gasteiger partial charge in [-0.25, -0.2) is 31.6 Å². The molecule has 1 aromatic carbocycles. The van der Waals surface area contributed by atoms with E-state index in [1.807, 2.05) is 13.8 Å². The number of fused-ring (bicyclic) bond motifs is 1. The van der Waals surface area contributed by atoms with Crippen molar-refractivity contribution in [1.82, 2.24) is 14.5 Å². The maximum absolute atomic E-state index is 13.4. The van der Waals surface area contributed by atoms with Crippen molar-refractivity contribution in [2.45, 2.75) is 31.7 Å². The van der Waals surface area contributed by atoms with Crippen molar-refractivity contribution in [2.75, 3.05) is 17.6 Å². The maximum Gasteiger partial charge on any atom is 0.281 e. The van der Waals surface area contributed by atoms with Crippen molar-refractivity contribution in [3.05, 3.63) is 51.6 Å². The van der Waals surface area contributed by atoms with Crippen LogP contribution in [-0.2, 0) is 26.6 Å². The third kappa shape index (κ3) is 6.01. The van der Waals surface area contributed by atoms with Gasteiger partial charge in [0.1, 0.15) is 16.2 Å². The summed E-state index contributed by atoms with van der Waals surface area (Å²) in [5.41, 5.74) is -0.436. The molecule has 0 spiro atoms. The van der Waals surface area contributed by atoms with Gasteiger partial charge >= 0.3 is 0 Å². The molecular formula is C22H26N6O6S3. The molecule has 12 nitrogen and oxygen atoms in total. The second-order valence-electron chi connectivity index (χ2n) is 8.80. The number of hydrogen-bond acceptors (Lipinski definition) is 10. The summed E-state index contributed by atoms with van der Waals surface area (Å²) in [5.74, 6) is -0.849. The van der Waals surface area contributed by atoms with Gasteiger partial charge in [0.05, 0.1) is 16.3 Å². The number of aliphatic imine (C=N–C) groups is 1. The van der Waals surface area contributed by atoms with Crippen LogP contribution in [0.5, 0.6) is 5.75 Å². The number of nitrogens with two attached hydrogens (primary N) is 1. The minimum Gasteiger partial charge on any atom is -0.505 e. The minimum atomic E-state index is -4.19. The number of sulfonamides is 2. The van der Waals surface area contributed by atoms with Gasteiger partial charge in [0.2, 0.25) is 10.0 Å². The molecule has 0 bridgehead atoms. The Hall–Kier alpha value is -3.27. The van der Waals surface area contributed by atoms with E-state index in [-0.39, 0.29) is 52.4 Å². The number of aromatic hydroxyl groups is 1. The lowest BCUT2D eigenvalue weighted by molar-refractivity contribution is 0.444. The summed E-state index contributed by atoms with van der Waals surface area (Å²) in [6.07, 6.45) is 0.642. The number of nitrogens with one attached hydrogen (secondary N) is 2. The number of nitrogens with zero attached hydrogens (tertiary/aromatic N) is 3. The van der Waals surface area contributed by atoms with Crippen LogP contribution in [0.2, 0.25) is 0 Å². The third-order valence-corrected chi connectivity index (χ3v) is 8.49. The van der Waals surface area contributed by atoms with Gasteiger partial charge in [0, 0.05) is 18.8 Å². The van der Waals surface area contributed by atoms with Gasteiger partial charge in [0.15, 0.2) is 11.6 Å². The first-order valence-corrected chi connectivity index (χ1v) is 15.3. The molecule has 0 amide bonds. The van der Waals surface area contributed by atoms with E-state index >= 15 is 0 Å². The van der Waals surface area contributed by atoms with E-state index < -0.39 is 31.4 Å². The summed E-state index contributed by atoms with van der Waals surface area (Å²) in [7, 11) is -7.88. The SMILES string of the molecule is CC(C)CCn1nc(-c2cccs2)c(O)c(C2=Nc3ccc(NCCS(N)(=O)=O)cc3S(=O)(=O)N2)c1=O. The number of rotatable bonds is 9. The molecule has 198 valence electrons. The molecule has 0 unspecified atom stereocenters. The molecule has 15 heteroatoms. The Morgan fingerprint density at radius 1 is 1.27 bits per heavy atom. The fourth-order valence-corrected chi connectivity index (χ4v) is 5.87. The van der Waals surface area contributed by atoms with Crippen LogP contribution in [0.4, 0.5) is 11.4 Å². The van der Waals surface area contributed by atoms with Gasteiger partial charge in [-0.15, -0.1) is 11.3 Å². The number of primary sulfonamides is 1. The Labute approximate surface area is 218 Å². The third-order valence-electron chi connectivity index (χ3n) is 5.47. The van der Waals surface area contributed by atoms with Crippen LogP contribution in [-0.4, -0.2) is 49.9 Å². The zero-order chi connectivity index (χ0) is 27.0. The lowest BCUT2D eigenvalue weighted by Gasteiger charge is -2.20. The Morgan fingerprint density at radius 3 is 2.68 bits per heavy atom. The number of amidine groups is 1. The van der Waals surface area contributed by atoms with Crippen molar-refractivity contribution >= 4 is 48.6 Å². The van der Waals surface area contributed by atoms with Gasteiger partial charge in [-0.1, -0.05) is 19.9 Å². The zero-order valence-electron chi connectivity index (χ0n) is 20.0. The molecule has 0 atom stereocenters. The lowest BCUT2D eigenvalue weighted by Crippen LogP contribution is -2.39. The van der Waals surface area contributed by atoms with Gasteiger partial charge in [0.25, 0.3) is 15.6 Å². The molecule has 0 saturated carbocycles. The van der Waals surface area contributed by atoms with Crippen LogP contribution in [0.25, 0.3) is 10.6 Å². The highest BCUT2D eigenvalue weighted by atomic mass is 32.2. The second-order valence-corrected chi connectivity index (χ2v) is 13.1. The maximum atomic E-state index is 13.4. The molecule has 4 rings (SSSR count). The van der Waals surface area contributed by atoms with Crippen molar-refractivity contribution < 1.29 is 21.9 Å². The molecule has 0 radical (unpaired) electrons. The highest BCUT2D eigenvalue weighted by Gasteiger charge is 2.31. The number of aryl methyl sites for hydroxylation is 1. The van der Waals surface area contributed by atoms with Crippen molar-refractivity contribution in [3.8, 4) is 16.3 Å². The van der Waals surface area contributed by atoms with Crippen molar-refractivity contribution in [1.29, 1.82) is 0 Å². The van der Waals surface area contributed by atoms with Gasteiger partial charge < -0.3 is 10.4 Å². The quantitative estimate of drug-likeness (QED) is 0.302. The van der Waals surface area contributed by atoms with Crippen molar-refractivity contribution in [3.63, 3.8) is 0 Å². The summed E-state index contributed by atoms with van der Waals surface area (Å²) < 4.78 is 52.1. The van der Waals surface area contributed by atoms with E-state index in [0.29, 0.717) is 17.0 Å². The average molecular weight is 567 g/mol. The first kappa shape index (κ1) is 26.8. The fraction of sp³-hybridized carbons (Fsp3) is 0.318. The van der Waals surface area contributed by atoms with Crippen LogP contribution in [0, 0.1) is 5.92 Å². The molecule has 3 aromatic rings. The molecule has 1 aliphatic rings. The Balaban J connectivity index is 1.80. The standard InChI is InChI=1S/C22H26N6O6S3/c1-13(2)7-9-28-22(30)18(20(29)19(26-28)16-4-3-10-35-16)21-25-15-6-5-14(24-8-11-36(23,31)32)12-17(15)37(33,34)27-21/h3-6,10,12-13,24,29H,7-9,11H2,1-2H3,(H,25,27)(H2,23,31,32). The van der Waals surface area contributed by atoms with E-state index in [9.17, 15) is 26.7 Å². The van der Waals surface area contributed by atoms with E-state index in [4.69, 9.17) is 5.14 Å². The van der Waals surface area contributed by atoms with Gasteiger partial charge in [-0.2, -0.15) is 5.10 Å². The summed E-state index contributed by atoms with van der Waals surface area (Å²) in [5, 5.41) is 25.0. The number of benzene rings is 1. The molecule has 0 saturated heterocycles. The highest BCUT2D eigenvalue weighted by molar-refractivity contribution is 7.90. The molecule has 0 fully saturated rings. The molecule has 1 aliphatic heterocycles. The van der Waals surface area contributed by atoms with E-state index in [1.54, 1.807) is 17.5 Å². The summed E-state index contributed by atoms with van der Waals surface area (Å²) >= 11 is 1.31. The predicted octanol–water partition coefficient (Wildman–Crippen LogP) is 1.79. The van der Waals surface area contributed by atoms with Gasteiger partial charge in [-0.05, 0) is 42.0 Å². The fourth-order valence-electron chi connectivity index (χ4n) is 3.59. The highest BCUT2D eigenvalue weighted by Crippen LogP contribution is 2.35. The number of aromatic nitrogens is 2. The van der Waals surface area contributed by atoms with Crippen LogP contribution < -0.4 is 20.7 Å². The predicted molar refractivity (Wildman–Crippen MR) is 142 cm³/mol. The largest absolute Gasteiger partial charge is 0.505 e. The van der Waals surface area contributed by atoms with E-state index in [1.165, 1.54) is 34.2 Å². The Bertz CT molecular complexity index is 1630. The Kier molecular flexibility index (Phi) is 7.41. The molecule has 5 N–H and O–H groups in total. The average Bonchev–Trinajstić information content (AvgIpc) is 3.32. The first-order valence-electron chi connectivity index (χ1n) is 11.2. The molecular weight excluding hydrogens is 540 g/mol. The monoisotopic (exact) mass is 566 g/mol. The smallest absolute Gasteiger partial charge is 0.281 e. The zero-order valence-corrected chi connectivity index (χ0v) is 22.5. The Morgan fingerprint density at radius 2 is 2.03 bits per heavy atom. The van der Waals surface area contributed by atoms with Crippen LogP contribution in [0.15, 0.2) is 50.4 Å². The van der Waals surface area contributed by atoms with E-state index in [0.717, 1.165) is 0 Å². The van der Waals surface area contributed by atoms with Crippen LogP contribution in [0.3, 0.4) is 0 Å². The topological polar surface area (TPSA) is 186 Å². The van der Waals surface area contributed by atoms with E-state index in [2.05, 4.69) is 20.1 Å². The number of hydrogen-bond donors (Lipinski definition) is 4. The summed E-state index contributed by atoms with van der Waals surface area (Å²) in [6, 6.07) is 7.75. The summed E-state index contributed by atoms with van der Waals surface area (Å²) in [6.45, 7) is 4.25. The molecule has 37 heavy (non-hydrogen) atoms. The molecule has 2 aromatic heterocycles. The number of thiophene rings is 1. The normalized spacial score (nSPS) is 14.6. The van der Waals surface area contributed by atoms with Gasteiger partial charge in [-0.3, -0.25) is 9.52 Å². The summed E-state index contributed by atoms with van der Waals surface area (Å²) in [4.78, 5) is 18.1. The van der Waals surface area contributed by atoms with Crippen LogP contribution in [0.1, 0.15) is 25.8 Å². The van der Waals surface area contributed by atoms with Crippen molar-refractivity contribution in [2.24, 2.45) is 16.0 Å². The lowest BCUT2D eigenvalue weighted by atomic mass is 10.1. The molecule has 0 aliphatic carbocycles.